The highest BCUT2D eigenvalue weighted by atomic mass is 32.2. The zero-order valence-electron chi connectivity index (χ0n) is 11.3. The Balaban J connectivity index is 1.84. The van der Waals surface area contributed by atoms with Crippen molar-refractivity contribution in [3.05, 3.63) is 0 Å². The van der Waals surface area contributed by atoms with Crippen molar-refractivity contribution in [2.75, 3.05) is 19.3 Å². The van der Waals surface area contributed by atoms with E-state index in [-0.39, 0.29) is 24.3 Å². The van der Waals surface area contributed by atoms with Crippen LogP contribution in [0.2, 0.25) is 0 Å². The van der Waals surface area contributed by atoms with Crippen LogP contribution in [0, 0.1) is 0 Å². The number of hydrogen-bond acceptors (Lipinski definition) is 5. The van der Waals surface area contributed by atoms with Crippen LogP contribution in [0.4, 0.5) is 0 Å². The summed E-state index contributed by atoms with van der Waals surface area (Å²) < 4.78 is 24.2. The van der Waals surface area contributed by atoms with Gasteiger partial charge in [-0.15, -0.1) is 0 Å². The number of sulfonamides is 1. The molecule has 2 N–H and O–H groups in total. The molecule has 2 rings (SSSR count). The standard InChI is InChI=1S/C11H18N4O4S/c1-20(18,19)15-6-4-8(5-7-15)12-11(17)9-2-3-10(16)14-13-9/h8H,2-7H2,1H3,(H,12,17)(H,14,16). The molecule has 0 aromatic rings. The van der Waals surface area contributed by atoms with Crippen LogP contribution in [0.5, 0.6) is 0 Å². The second kappa shape index (κ2) is 5.88. The van der Waals surface area contributed by atoms with Crippen molar-refractivity contribution >= 4 is 27.5 Å². The molecule has 0 unspecified atom stereocenters. The van der Waals surface area contributed by atoms with E-state index in [1.807, 2.05) is 0 Å². The van der Waals surface area contributed by atoms with Gasteiger partial charge in [-0.05, 0) is 12.8 Å². The van der Waals surface area contributed by atoms with Crippen molar-refractivity contribution < 1.29 is 18.0 Å². The third-order valence-corrected chi connectivity index (χ3v) is 4.73. The van der Waals surface area contributed by atoms with Gasteiger partial charge in [-0.3, -0.25) is 9.59 Å². The Morgan fingerprint density at radius 3 is 2.50 bits per heavy atom. The number of hydrazone groups is 1. The van der Waals surface area contributed by atoms with Gasteiger partial charge in [0.15, 0.2) is 0 Å². The molecule has 1 saturated heterocycles. The first-order valence-electron chi connectivity index (χ1n) is 6.47. The molecular formula is C11H18N4O4S. The zero-order valence-corrected chi connectivity index (χ0v) is 12.1. The van der Waals surface area contributed by atoms with Crippen LogP contribution in [-0.4, -0.2) is 55.6 Å². The molecule has 2 amide bonds. The number of nitrogens with one attached hydrogen (secondary N) is 2. The Labute approximate surface area is 117 Å². The minimum Gasteiger partial charge on any atom is -0.348 e. The van der Waals surface area contributed by atoms with Gasteiger partial charge in [-0.1, -0.05) is 0 Å². The van der Waals surface area contributed by atoms with Gasteiger partial charge in [-0.25, -0.2) is 18.1 Å². The summed E-state index contributed by atoms with van der Waals surface area (Å²) in [5.41, 5.74) is 2.59. The first kappa shape index (κ1) is 14.9. The SMILES string of the molecule is CS(=O)(=O)N1CCC(NC(=O)C2=NNC(=O)CC2)CC1. The van der Waals surface area contributed by atoms with E-state index in [1.54, 1.807) is 0 Å². The van der Waals surface area contributed by atoms with Crippen molar-refractivity contribution in [3.63, 3.8) is 0 Å². The minimum atomic E-state index is -3.15. The Kier molecular flexibility index (Phi) is 4.39. The summed E-state index contributed by atoms with van der Waals surface area (Å²) in [6.07, 6.45) is 2.95. The fourth-order valence-corrected chi connectivity index (χ4v) is 3.11. The maximum Gasteiger partial charge on any atom is 0.267 e. The number of rotatable bonds is 3. The average molecular weight is 302 g/mol. The fraction of sp³-hybridized carbons (Fsp3) is 0.727. The largest absolute Gasteiger partial charge is 0.348 e. The van der Waals surface area contributed by atoms with E-state index in [1.165, 1.54) is 10.6 Å². The van der Waals surface area contributed by atoms with Gasteiger partial charge in [0, 0.05) is 32.0 Å². The molecule has 112 valence electrons. The molecule has 20 heavy (non-hydrogen) atoms. The Morgan fingerprint density at radius 2 is 2.00 bits per heavy atom. The lowest BCUT2D eigenvalue weighted by Gasteiger charge is -2.30. The molecule has 2 aliphatic rings. The first-order valence-corrected chi connectivity index (χ1v) is 8.32. The highest BCUT2D eigenvalue weighted by Crippen LogP contribution is 2.13. The molecule has 0 bridgehead atoms. The number of piperidine rings is 1. The topological polar surface area (TPSA) is 108 Å². The molecule has 0 saturated carbocycles. The maximum atomic E-state index is 11.9. The molecule has 2 heterocycles. The fourth-order valence-electron chi connectivity index (χ4n) is 2.24. The molecule has 0 aromatic heterocycles. The number of carbonyl (C=O) groups excluding carboxylic acids is 2. The van der Waals surface area contributed by atoms with Crippen LogP contribution in [0.25, 0.3) is 0 Å². The van der Waals surface area contributed by atoms with E-state index in [4.69, 9.17) is 0 Å². The van der Waals surface area contributed by atoms with Gasteiger partial charge in [0.25, 0.3) is 5.91 Å². The van der Waals surface area contributed by atoms with Crippen LogP contribution in [-0.2, 0) is 19.6 Å². The summed E-state index contributed by atoms with van der Waals surface area (Å²) in [5.74, 6) is -0.481. The van der Waals surface area contributed by atoms with E-state index >= 15 is 0 Å². The van der Waals surface area contributed by atoms with Crippen molar-refractivity contribution in [1.29, 1.82) is 0 Å². The molecular weight excluding hydrogens is 284 g/mol. The van der Waals surface area contributed by atoms with Crippen LogP contribution >= 0.6 is 0 Å². The predicted octanol–water partition coefficient (Wildman–Crippen LogP) is -1.21. The predicted molar refractivity (Wildman–Crippen MR) is 72.4 cm³/mol. The molecule has 2 aliphatic heterocycles. The van der Waals surface area contributed by atoms with Crippen molar-refractivity contribution in [2.45, 2.75) is 31.7 Å². The zero-order chi connectivity index (χ0) is 14.8. The lowest BCUT2D eigenvalue weighted by molar-refractivity contribution is -0.121. The van der Waals surface area contributed by atoms with Gasteiger partial charge < -0.3 is 5.32 Å². The lowest BCUT2D eigenvalue weighted by atomic mass is 10.1. The second-order valence-electron chi connectivity index (χ2n) is 5.00. The summed E-state index contributed by atoms with van der Waals surface area (Å²) in [7, 11) is -3.15. The summed E-state index contributed by atoms with van der Waals surface area (Å²) in [6.45, 7) is 0.819. The third-order valence-electron chi connectivity index (χ3n) is 3.42. The van der Waals surface area contributed by atoms with Gasteiger partial charge in [-0.2, -0.15) is 5.10 Å². The Morgan fingerprint density at radius 1 is 1.35 bits per heavy atom. The number of nitrogens with zero attached hydrogens (tertiary/aromatic N) is 2. The molecule has 0 atom stereocenters. The molecule has 0 aliphatic carbocycles. The quantitative estimate of drug-likeness (QED) is 0.682. The average Bonchev–Trinajstić information content (AvgIpc) is 2.39. The van der Waals surface area contributed by atoms with E-state index in [2.05, 4.69) is 15.8 Å². The van der Waals surface area contributed by atoms with Crippen LogP contribution in [0.15, 0.2) is 5.10 Å². The monoisotopic (exact) mass is 302 g/mol. The molecule has 9 heteroatoms. The van der Waals surface area contributed by atoms with Crippen molar-refractivity contribution in [3.8, 4) is 0 Å². The Bertz CT molecular complexity index is 535. The van der Waals surface area contributed by atoms with Gasteiger partial charge >= 0.3 is 0 Å². The molecule has 0 spiro atoms. The summed E-state index contributed by atoms with van der Waals surface area (Å²) in [6, 6.07) is -0.0548. The molecule has 0 aromatic carbocycles. The smallest absolute Gasteiger partial charge is 0.267 e. The number of carbonyl (C=O) groups is 2. The summed E-state index contributed by atoms with van der Waals surface area (Å²) in [4.78, 5) is 22.9. The van der Waals surface area contributed by atoms with Crippen molar-refractivity contribution in [1.82, 2.24) is 15.0 Å². The summed E-state index contributed by atoms with van der Waals surface area (Å²) in [5, 5.41) is 6.56. The van der Waals surface area contributed by atoms with E-state index in [9.17, 15) is 18.0 Å². The van der Waals surface area contributed by atoms with Crippen LogP contribution in [0.3, 0.4) is 0 Å². The first-order chi connectivity index (χ1) is 9.36. The highest BCUT2D eigenvalue weighted by molar-refractivity contribution is 7.88. The molecule has 1 fully saturated rings. The number of amides is 2. The van der Waals surface area contributed by atoms with Gasteiger partial charge in [0.1, 0.15) is 5.71 Å². The lowest BCUT2D eigenvalue weighted by Crippen LogP contribution is -2.48. The highest BCUT2D eigenvalue weighted by Gasteiger charge is 2.27. The van der Waals surface area contributed by atoms with E-state index < -0.39 is 10.0 Å². The molecule has 0 radical (unpaired) electrons. The van der Waals surface area contributed by atoms with Crippen LogP contribution < -0.4 is 10.7 Å². The van der Waals surface area contributed by atoms with Crippen LogP contribution in [0.1, 0.15) is 25.7 Å². The maximum absolute atomic E-state index is 11.9. The molecule has 8 nitrogen and oxygen atoms in total. The normalized spacial score (nSPS) is 22.1. The second-order valence-corrected chi connectivity index (χ2v) is 6.99. The van der Waals surface area contributed by atoms with Crippen molar-refractivity contribution in [2.24, 2.45) is 5.10 Å². The third kappa shape index (κ3) is 3.76. The van der Waals surface area contributed by atoms with Gasteiger partial charge in [0.2, 0.25) is 15.9 Å². The van der Waals surface area contributed by atoms with E-state index in [0.29, 0.717) is 38.1 Å². The van der Waals surface area contributed by atoms with Gasteiger partial charge in [0.05, 0.1) is 6.26 Å². The number of hydrogen-bond donors (Lipinski definition) is 2. The minimum absolute atomic E-state index is 0.0548. The summed E-state index contributed by atoms with van der Waals surface area (Å²) >= 11 is 0. The van der Waals surface area contributed by atoms with E-state index in [0.717, 1.165) is 0 Å². The Hall–Kier alpha value is -1.48.